The van der Waals surface area contributed by atoms with Gasteiger partial charge in [-0.25, -0.2) is 4.79 Å². The summed E-state index contributed by atoms with van der Waals surface area (Å²) in [6.07, 6.45) is 5.68. The highest BCUT2D eigenvalue weighted by Gasteiger charge is 2.47. The van der Waals surface area contributed by atoms with E-state index in [1.54, 1.807) is 49.1 Å². The number of carbonyl (C=O) groups is 2. The Kier molecular flexibility index (Phi) is 13.4. The fourth-order valence-corrected chi connectivity index (χ4v) is 6.41. The number of carbonyl (C=O) groups excluding carboxylic acids is 2. The first kappa shape index (κ1) is 35.5. The summed E-state index contributed by atoms with van der Waals surface area (Å²) >= 11 is 0. The average Bonchev–Trinajstić information content (AvgIpc) is 3.92. The second-order valence-electron chi connectivity index (χ2n) is 14.4. The molecular weight excluding hydrogens is 618 g/mol. The van der Waals surface area contributed by atoms with Crippen molar-refractivity contribution in [3.8, 4) is 0 Å². The molecule has 5 N–H and O–H groups in total. The molecule has 0 saturated carbocycles. The Hall–Kier alpha value is -2.32. The normalized spacial score (nSPS) is 34.9. The van der Waals surface area contributed by atoms with Crippen LogP contribution in [-0.4, -0.2) is 136 Å². The molecule has 0 spiro atoms. The lowest BCUT2D eigenvalue weighted by atomic mass is 9.88. The van der Waals surface area contributed by atoms with E-state index < -0.39 is 47.7 Å². The molecule has 2 saturated heterocycles. The Morgan fingerprint density at radius 2 is 2.00 bits per heavy atom. The molecule has 0 unspecified atom stereocenters. The molecule has 48 heavy (non-hydrogen) atoms. The molecule has 1 amide bonds. The fourth-order valence-electron chi connectivity index (χ4n) is 6.41. The van der Waals surface area contributed by atoms with Crippen LogP contribution in [0.15, 0.2) is 36.0 Å². The third kappa shape index (κ3) is 12.2. The number of amides is 1. The Bertz CT molecular complexity index is 1160. The lowest BCUT2D eigenvalue weighted by Gasteiger charge is -2.37. The van der Waals surface area contributed by atoms with E-state index in [-0.39, 0.29) is 44.7 Å². The predicted octanol–water partition coefficient (Wildman–Crippen LogP) is 3.53. The van der Waals surface area contributed by atoms with Gasteiger partial charge in [0.1, 0.15) is 11.7 Å². The molecule has 0 aromatic rings. The molecule has 10 atom stereocenters. The van der Waals surface area contributed by atoms with E-state index >= 15 is 0 Å². The van der Waals surface area contributed by atoms with Crippen molar-refractivity contribution in [2.45, 2.75) is 121 Å². The van der Waals surface area contributed by atoms with Crippen LogP contribution in [0.25, 0.3) is 0 Å². The van der Waals surface area contributed by atoms with Crippen molar-refractivity contribution in [2.24, 2.45) is 11.8 Å². The van der Waals surface area contributed by atoms with Gasteiger partial charge in [-0.15, -0.1) is 0 Å². The van der Waals surface area contributed by atoms with Crippen LogP contribution in [0.1, 0.15) is 84.0 Å². The predicted molar refractivity (Wildman–Crippen MR) is 192 cm³/mol. The molecule has 2 fully saturated rings. The van der Waals surface area contributed by atoms with Gasteiger partial charge in [-0.05, 0) is 58.7 Å². The van der Waals surface area contributed by atoms with Gasteiger partial charge in [-0.2, -0.15) is 0 Å². The number of esters is 1. The van der Waals surface area contributed by atoms with E-state index in [2.05, 4.69) is 10.2 Å². The van der Waals surface area contributed by atoms with Crippen LogP contribution in [0.4, 0.5) is 4.79 Å². The van der Waals surface area contributed by atoms with Gasteiger partial charge in [-0.1, -0.05) is 45.1 Å². The van der Waals surface area contributed by atoms with Crippen molar-refractivity contribution in [3.05, 3.63) is 36.0 Å². The maximum Gasteiger partial charge on any atom is 0.410 e. The standard InChI is InChI=1S/C36H61N3O9.4H2/c1-8-28(41)26(4)33-29(46-33)23-35(5,44)14-9-10-24(2)32-25(3)11-12-30(36(6,45)15-13-27(40)22-31(42)48-32)47-34(43)39-20-18-38(19-21-39)17-16-37-7;;;;/h9-12,14,25-30,32-33,37,40-41,44-45H,8,13,15-23H2,1-7H3;4*1H/b12-11+,14-9+,24-10+;;;;/t25-,26+,27+,28-,29+,30-,32+,33+,35-,36+;;;;/m0..../s1/i;3*1+1D;1+1. The first-order valence-corrected chi connectivity index (χ1v) is 17.6. The Balaban J connectivity index is 0. The number of nitrogens with one attached hydrogen (secondary N) is 1. The molecule has 0 aliphatic carbocycles. The van der Waals surface area contributed by atoms with E-state index in [4.69, 9.17) is 23.1 Å². The topological polar surface area (TPSA) is 165 Å². The van der Waals surface area contributed by atoms with Crippen molar-refractivity contribution in [1.82, 2.24) is 15.1 Å². The monoisotopic (exact) mass is 695 g/mol. The van der Waals surface area contributed by atoms with Crippen LogP contribution in [0.2, 0.25) is 0 Å². The maximum absolute atomic E-state index is 13.2. The molecule has 0 radical (unpaired) electrons. The zero-order valence-corrected chi connectivity index (χ0v) is 30.0. The van der Waals surface area contributed by atoms with E-state index in [0.717, 1.165) is 26.2 Å². The summed E-state index contributed by atoms with van der Waals surface area (Å²) in [5.74, 6) is -0.953. The third-order valence-electron chi connectivity index (χ3n) is 9.90. The molecule has 12 nitrogen and oxygen atoms in total. The number of aliphatic hydroxyl groups excluding tert-OH is 2. The number of cyclic esters (lactones) is 1. The molecule has 0 aromatic heterocycles. The minimum absolute atomic E-state index is 0. The Labute approximate surface area is 297 Å². The van der Waals surface area contributed by atoms with E-state index in [1.165, 1.54) is 0 Å². The van der Waals surface area contributed by atoms with Gasteiger partial charge < -0.3 is 44.9 Å². The largest absolute Gasteiger partial charge is 0.457 e. The van der Waals surface area contributed by atoms with Gasteiger partial charge >= 0.3 is 12.1 Å². The summed E-state index contributed by atoms with van der Waals surface area (Å²) in [6.45, 7) is 15.1. The van der Waals surface area contributed by atoms with Gasteiger partial charge in [0.05, 0.1) is 36.4 Å². The summed E-state index contributed by atoms with van der Waals surface area (Å²) in [4.78, 5) is 30.0. The average molecular weight is 695 g/mol. The van der Waals surface area contributed by atoms with Crippen molar-refractivity contribution >= 4 is 12.1 Å². The highest BCUT2D eigenvalue weighted by molar-refractivity contribution is 5.70. The number of rotatable bonds is 12. The first-order valence-electron chi connectivity index (χ1n) is 20.6. The number of ether oxygens (including phenoxy) is 3. The molecule has 3 rings (SSSR count). The lowest BCUT2D eigenvalue weighted by molar-refractivity contribution is -0.151. The van der Waals surface area contributed by atoms with Gasteiger partial charge in [0.25, 0.3) is 0 Å². The molecular formula is C36H69N3O9. The number of aliphatic hydroxyl groups is 4. The van der Waals surface area contributed by atoms with Crippen molar-refractivity contribution in [2.75, 3.05) is 46.3 Å². The lowest BCUT2D eigenvalue weighted by Crippen LogP contribution is -2.52. The Morgan fingerprint density at radius 1 is 1.31 bits per heavy atom. The summed E-state index contributed by atoms with van der Waals surface area (Å²) < 4.78 is 47.5. The van der Waals surface area contributed by atoms with Gasteiger partial charge in [0, 0.05) is 67.9 Å². The van der Waals surface area contributed by atoms with Gasteiger partial charge in [0.15, 0.2) is 6.10 Å². The van der Waals surface area contributed by atoms with E-state index in [9.17, 15) is 30.0 Å². The number of piperazine rings is 1. The summed E-state index contributed by atoms with van der Waals surface area (Å²) in [7, 11) is 1.91. The Morgan fingerprint density at radius 3 is 2.65 bits per heavy atom. The number of nitrogens with zero attached hydrogens (tertiary/aromatic N) is 2. The van der Waals surface area contributed by atoms with Crippen LogP contribution in [0.5, 0.6) is 0 Å². The van der Waals surface area contributed by atoms with Crippen molar-refractivity contribution < 1.29 is 54.6 Å². The molecule has 0 bridgehead atoms. The minimum Gasteiger partial charge on any atom is -0.457 e. The second kappa shape index (κ2) is 18.1. The van der Waals surface area contributed by atoms with Crippen LogP contribution in [0.3, 0.4) is 0 Å². The minimum atomic E-state index is -1.49. The summed E-state index contributed by atoms with van der Waals surface area (Å²) in [5, 5.41) is 46.3. The highest BCUT2D eigenvalue weighted by atomic mass is 16.6. The number of allylic oxidation sites excluding steroid dienone is 2. The highest BCUT2D eigenvalue weighted by Crippen LogP contribution is 2.37. The summed E-state index contributed by atoms with van der Waals surface area (Å²) in [6, 6.07) is 0. The molecule has 3 aliphatic rings. The van der Waals surface area contributed by atoms with Crippen molar-refractivity contribution in [3.63, 3.8) is 0 Å². The SMILES string of the molecule is CC[C@H](O)[C@@H](C)[C@H]1O[C@@H]1C[C@@](C)(O)/C=C/C=C(\C)[C@H]1OC(=O)C[C@H](O)CC[C@@](C)(O)[C@@H](OC(=O)N2CCN(CCNC)CC2)/C=C/[C@@H]1C.[2HH].[2H][2H].[2H][2H].[2H][2H]. The second-order valence-corrected chi connectivity index (χ2v) is 14.4. The van der Waals surface area contributed by atoms with Crippen LogP contribution in [-0.2, 0) is 19.0 Å². The zero-order valence-electron chi connectivity index (χ0n) is 36.0. The zero-order chi connectivity index (χ0) is 41.6. The number of epoxide rings is 1. The summed E-state index contributed by atoms with van der Waals surface area (Å²) in [5.41, 5.74) is -1.94. The van der Waals surface area contributed by atoms with Crippen LogP contribution >= 0.6 is 0 Å². The number of hydrogen-bond acceptors (Lipinski definition) is 11. The molecule has 12 heteroatoms. The quantitative estimate of drug-likeness (QED) is 0.0879. The number of hydrogen-bond donors (Lipinski definition) is 5. The van der Waals surface area contributed by atoms with E-state index in [1.807, 2.05) is 34.7 Å². The maximum atomic E-state index is 13.2. The van der Waals surface area contributed by atoms with Gasteiger partial charge in [0.2, 0.25) is 0 Å². The van der Waals surface area contributed by atoms with Crippen molar-refractivity contribution in [1.29, 1.82) is 0 Å². The number of likely N-dealkylation sites (N-methyl/N-ethyl adjacent to an activating group) is 1. The van der Waals surface area contributed by atoms with Crippen LogP contribution < -0.4 is 5.32 Å². The molecule has 0 aromatic carbocycles. The molecule has 282 valence electrons. The van der Waals surface area contributed by atoms with Crippen LogP contribution in [0, 0.1) is 11.8 Å². The third-order valence-corrected chi connectivity index (χ3v) is 9.90. The fraction of sp³-hybridized carbons (Fsp3) is 0.778. The first-order chi connectivity index (χ1) is 25.6. The molecule has 3 aliphatic heterocycles. The van der Waals surface area contributed by atoms with E-state index in [0.29, 0.717) is 31.5 Å². The molecule has 3 heterocycles. The smallest absolute Gasteiger partial charge is 0.410 e. The van der Waals surface area contributed by atoms with Gasteiger partial charge in [-0.3, -0.25) is 9.69 Å².